The van der Waals surface area contributed by atoms with E-state index in [1.165, 1.54) is 37.1 Å². The van der Waals surface area contributed by atoms with Gasteiger partial charge in [0.2, 0.25) is 0 Å². The number of benzene rings is 2. The second-order valence-electron chi connectivity index (χ2n) is 6.97. The SMILES string of the molecule is O=[N+]([O-])c1ccc2c(c1)c1cc([N+](=O)[O-])ccc1n2CCCN1CCCC1. The molecule has 1 fully saturated rings. The molecule has 0 saturated carbocycles. The molecule has 0 unspecified atom stereocenters. The maximum Gasteiger partial charge on any atom is 0.270 e. The van der Waals surface area contributed by atoms with Crippen LogP contribution in [-0.2, 0) is 6.54 Å². The van der Waals surface area contributed by atoms with Gasteiger partial charge in [-0.05, 0) is 51.0 Å². The Bertz CT molecular complexity index is 966. The number of non-ortho nitro benzene ring substituents is 2. The van der Waals surface area contributed by atoms with E-state index >= 15 is 0 Å². The lowest BCUT2D eigenvalue weighted by Gasteiger charge is -2.15. The first-order valence-corrected chi connectivity index (χ1v) is 9.12. The third-order valence-corrected chi connectivity index (χ3v) is 5.31. The maximum absolute atomic E-state index is 11.2. The number of aryl methyl sites for hydroxylation is 1. The predicted molar refractivity (Wildman–Crippen MR) is 103 cm³/mol. The molecule has 0 aliphatic carbocycles. The average molecular weight is 368 g/mol. The summed E-state index contributed by atoms with van der Waals surface area (Å²) in [5.41, 5.74) is 1.73. The van der Waals surface area contributed by atoms with Gasteiger partial charge in [-0.25, -0.2) is 0 Å². The third kappa shape index (κ3) is 3.23. The van der Waals surface area contributed by atoms with Crippen molar-refractivity contribution in [3.63, 3.8) is 0 Å². The summed E-state index contributed by atoms with van der Waals surface area (Å²) in [5.74, 6) is 0. The normalized spacial score (nSPS) is 15.0. The lowest BCUT2D eigenvalue weighted by atomic mass is 10.1. The minimum atomic E-state index is -0.437. The molecule has 8 heteroatoms. The van der Waals surface area contributed by atoms with Gasteiger partial charge < -0.3 is 9.47 Å². The van der Waals surface area contributed by atoms with Gasteiger partial charge in [-0.2, -0.15) is 0 Å². The Hall–Kier alpha value is -3.00. The summed E-state index contributed by atoms with van der Waals surface area (Å²) in [5, 5.41) is 23.7. The number of aromatic nitrogens is 1. The van der Waals surface area contributed by atoms with Gasteiger partial charge in [0.05, 0.1) is 9.85 Å². The fourth-order valence-electron chi connectivity index (χ4n) is 4.01. The first kappa shape index (κ1) is 17.4. The highest BCUT2D eigenvalue weighted by atomic mass is 16.6. The van der Waals surface area contributed by atoms with E-state index in [1.54, 1.807) is 12.1 Å². The van der Waals surface area contributed by atoms with Gasteiger partial charge in [-0.1, -0.05) is 0 Å². The number of hydrogen-bond donors (Lipinski definition) is 0. The van der Waals surface area contributed by atoms with E-state index in [1.807, 2.05) is 0 Å². The van der Waals surface area contributed by atoms with Gasteiger partial charge >= 0.3 is 0 Å². The Balaban J connectivity index is 1.77. The molecule has 8 nitrogen and oxygen atoms in total. The molecular formula is C19H20N4O4. The highest BCUT2D eigenvalue weighted by molar-refractivity contribution is 6.09. The van der Waals surface area contributed by atoms with E-state index in [4.69, 9.17) is 0 Å². The lowest BCUT2D eigenvalue weighted by Crippen LogP contribution is -2.21. The van der Waals surface area contributed by atoms with Crippen molar-refractivity contribution in [1.82, 2.24) is 9.47 Å². The van der Waals surface area contributed by atoms with Crippen molar-refractivity contribution in [2.24, 2.45) is 0 Å². The molecule has 1 aliphatic rings. The number of nitro groups is 2. The Morgan fingerprint density at radius 3 is 1.81 bits per heavy atom. The van der Waals surface area contributed by atoms with Crippen molar-refractivity contribution < 1.29 is 9.85 Å². The highest BCUT2D eigenvalue weighted by Crippen LogP contribution is 2.34. The molecule has 140 valence electrons. The molecule has 1 saturated heterocycles. The predicted octanol–water partition coefficient (Wildman–Crippen LogP) is 4.10. The fraction of sp³-hybridized carbons (Fsp3) is 0.368. The molecule has 0 atom stereocenters. The van der Waals surface area contributed by atoms with Gasteiger partial charge in [-0.3, -0.25) is 20.2 Å². The van der Waals surface area contributed by atoms with Gasteiger partial charge in [0, 0.05) is 52.6 Å². The van der Waals surface area contributed by atoms with Crippen LogP contribution in [0.5, 0.6) is 0 Å². The molecular weight excluding hydrogens is 348 g/mol. The first-order chi connectivity index (χ1) is 13.0. The van der Waals surface area contributed by atoms with Gasteiger partial charge in [-0.15, -0.1) is 0 Å². The van der Waals surface area contributed by atoms with Crippen molar-refractivity contribution in [3.05, 3.63) is 56.6 Å². The van der Waals surface area contributed by atoms with E-state index in [9.17, 15) is 20.2 Å². The summed E-state index contributed by atoms with van der Waals surface area (Å²) in [4.78, 5) is 23.9. The van der Waals surface area contributed by atoms with E-state index in [0.717, 1.165) is 43.6 Å². The van der Waals surface area contributed by atoms with Crippen LogP contribution in [0.1, 0.15) is 19.3 Å². The van der Waals surface area contributed by atoms with Crippen LogP contribution in [0, 0.1) is 20.2 Å². The van der Waals surface area contributed by atoms with Crippen LogP contribution in [0.3, 0.4) is 0 Å². The van der Waals surface area contributed by atoms with Crippen LogP contribution < -0.4 is 0 Å². The van der Waals surface area contributed by atoms with Crippen LogP contribution in [0.25, 0.3) is 21.8 Å². The number of hydrogen-bond acceptors (Lipinski definition) is 5. The highest BCUT2D eigenvalue weighted by Gasteiger charge is 2.18. The molecule has 27 heavy (non-hydrogen) atoms. The van der Waals surface area contributed by atoms with Crippen molar-refractivity contribution in [2.45, 2.75) is 25.8 Å². The minimum Gasteiger partial charge on any atom is -0.340 e. The van der Waals surface area contributed by atoms with Crippen molar-refractivity contribution in [3.8, 4) is 0 Å². The number of rotatable bonds is 6. The smallest absolute Gasteiger partial charge is 0.270 e. The quantitative estimate of drug-likeness (QED) is 0.482. The molecule has 1 aliphatic heterocycles. The number of likely N-dealkylation sites (tertiary alicyclic amines) is 1. The number of nitro benzene ring substituents is 2. The Morgan fingerprint density at radius 1 is 0.815 bits per heavy atom. The van der Waals surface area contributed by atoms with E-state index in [0.29, 0.717) is 10.8 Å². The zero-order chi connectivity index (χ0) is 19.0. The first-order valence-electron chi connectivity index (χ1n) is 9.12. The third-order valence-electron chi connectivity index (χ3n) is 5.31. The minimum absolute atomic E-state index is 0.00915. The molecule has 4 rings (SSSR count). The summed E-state index contributed by atoms with van der Waals surface area (Å²) >= 11 is 0. The van der Waals surface area contributed by atoms with Crippen LogP contribution in [0.4, 0.5) is 11.4 Å². The lowest BCUT2D eigenvalue weighted by molar-refractivity contribution is -0.385. The fourth-order valence-corrected chi connectivity index (χ4v) is 4.01. The van der Waals surface area contributed by atoms with E-state index < -0.39 is 9.85 Å². The van der Waals surface area contributed by atoms with Crippen LogP contribution in [0.2, 0.25) is 0 Å². The second kappa shape index (κ2) is 6.96. The number of nitrogens with zero attached hydrogens (tertiary/aromatic N) is 4. The Labute approximate surface area is 155 Å². The van der Waals surface area contributed by atoms with Crippen molar-refractivity contribution in [1.29, 1.82) is 0 Å². The van der Waals surface area contributed by atoms with E-state index in [2.05, 4.69) is 9.47 Å². The standard InChI is InChI=1S/C19H20N4O4/c24-22(25)14-4-6-18-16(12-14)17-13-15(23(26)27)5-7-19(17)21(18)11-3-10-20-8-1-2-9-20/h4-7,12-13H,1-3,8-11H2. The molecule has 2 heterocycles. The molecule has 1 aromatic heterocycles. The topological polar surface area (TPSA) is 94.5 Å². The summed E-state index contributed by atoms with van der Waals surface area (Å²) in [6.45, 7) is 4.07. The van der Waals surface area contributed by atoms with Gasteiger partial charge in [0.15, 0.2) is 0 Å². The molecule has 2 aromatic carbocycles. The second-order valence-corrected chi connectivity index (χ2v) is 6.97. The van der Waals surface area contributed by atoms with Crippen LogP contribution in [-0.4, -0.2) is 38.9 Å². The van der Waals surface area contributed by atoms with Crippen molar-refractivity contribution >= 4 is 33.2 Å². The monoisotopic (exact) mass is 368 g/mol. The van der Waals surface area contributed by atoms with E-state index in [-0.39, 0.29) is 11.4 Å². The largest absolute Gasteiger partial charge is 0.340 e. The molecule has 0 bridgehead atoms. The maximum atomic E-state index is 11.2. The summed E-state index contributed by atoms with van der Waals surface area (Å²) < 4.78 is 2.12. The average Bonchev–Trinajstić information content (AvgIpc) is 3.27. The molecule has 0 spiro atoms. The van der Waals surface area contributed by atoms with Crippen molar-refractivity contribution in [2.75, 3.05) is 19.6 Å². The van der Waals surface area contributed by atoms with Gasteiger partial charge in [0.1, 0.15) is 0 Å². The molecule has 0 amide bonds. The summed E-state index contributed by atoms with van der Waals surface area (Å²) in [7, 11) is 0. The zero-order valence-electron chi connectivity index (χ0n) is 14.8. The Morgan fingerprint density at radius 2 is 1.33 bits per heavy atom. The summed E-state index contributed by atoms with van der Waals surface area (Å²) in [6.07, 6.45) is 3.47. The summed E-state index contributed by atoms with van der Waals surface area (Å²) in [6, 6.07) is 9.50. The molecule has 0 radical (unpaired) electrons. The molecule has 3 aromatic rings. The molecule has 0 N–H and O–H groups in total. The zero-order valence-corrected chi connectivity index (χ0v) is 14.8. The van der Waals surface area contributed by atoms with Crippen LogP contribution in [0.15, 0.2) is 36.4 Å². The van der Waals surface area contributed by atoms with Crippen LogP contribution >= 0.6 is 0 Å². The van der Waals surface area contributed by atoms with Gasteiger partial charge in [0.25, 0.3) is 11.4 Å². The Kier molecular flexibility index (Phi) is 4.49. The number of fused-ring (bicyclic) bond motifs is 3.